The van der Waals surface area contributed by atoms with Gasteiger partial charge < -0.3 is 14.3 Å². The number of nitrogens with zero attached hydrogens (tertiary/aromatic N) is 4. The van der Waals surface area contributed by atoms with Crippen molar-refractivity contribution in [2.45, 2.75) is 13.0 Å². The van der Waals surface area contributed by atoms with Gasteiger partial charge in [-0.3, -0.25) is 9.78 Å². The van der Waals surface area contributed by atoms with Crippen molar-refractivity contribution in [2.24, 2.45) is 0 Å². The van der Waals surface area contributed by atoms with Crippen LogP contribution in [0.2, 0.25) is 0 Å². The lowest BCUT2D eigenvalue weighted by Crippen LogP contribution is -2.26. The molecule has 0 aliphatic heterocycles. The van der Waals surface area contributed by atoms with Gasteiger partial charge in [-0.1, -0.05) is 5.16 Å². The summed E-state index contributed by atoms with van der Waals surface area (Å²) in [7, 11) is 0. The summed E-state index contributed by atoms with van der Waals surface area (Å²) in [5.41, 5.74) is 0.927. The quantitative estimate of drug-likeness (QED) is 0.775. The number of aromatic nitrogens is 4. The Kier molecular flexibility index (Phi) is 3.42. The molecule has 3 aromatic rings. The third-order valence-electron chi connectivity index (χ3n) is 2.74. The minimum atomic E-state index is -0.440. The van der Waals surface area contributed by atoms with Crippen LogP contribution in [0, 0.1) is 0 Å². The zero-order chi connectivity index (χ0) is 14.7. The van der Waals surface area contributed by atoms with E-state index >= 15 is 0 Å². The molecule has 0 bridgehead atoms. The first-order valence-corrected chi connectivity index (χ1v) is 6.17. The largest absolute Gasteiger partial charge is 0.472 e. The first kappa shape index (κ1) is 13.0. The lowest BCUT2D eigenvalue weighted by molar-refractivity contribution is 0.0932. The summed E-state index contributed by atoms with van der Waals surface area (Å²) in [6.45, 7) is 1.74. The maximum atomic E-state index is 11.9. The van der Waals surface area contributed by atoms with Gasteiger partial charge in [-0.15, -0.1) is 0 Å². The van der Waals surface area contributed by atoms with Gasteiger partial charge in [-0.25, -0.2) is 4.98 Å². The fourth-order valence-electron chi connectivity index (χ4n) is 1.67. The van der Waals surface area contributed by atoms with Gasteiger partial charge in [0.25, 0.3) is 5.91 Å². The average molecular weight is 285 g/mol. The highest BCUT2D eigenvalue weighted by Gasteiger charge is 2.19. The van der Waals surface area contributed by atoms with E-state index in [0.29, 0.717) is 17.1 Å². The number of carbonyl (C=O) groups excluding carboxylic acids is 1. The van der Waals surface area contributed by atoms with Gasteiger partial charge >= 0.3 is 0 Å². The third-order valence-corrected chi connectivity index (χ3v) is 2.74. The number of furan rings is 1. The fraction of sp³-hybridized carbons (Fsp3) is 0.154. The highest BCUT2D eigenvalue weighted by atomic mass is 16.5. The number of hydrogen-bond acceptors (Lipinski definition) is 7. The van der Waals surface area contributed by atoms with Crippen LogP contribution in [-0.4, -0.2) is 26.0 Å². The molecule has 1 amide bonds. The molecule has 0 aromatic carbocycles. The zero-order valence-corrected chi connectivity index (χ0v) is 11.1. The molecule has 0 aliphatic carbocycles. The Labute approximate surface area is 119 Å². The zero-order valence-electron chi connectivity index (χ0n) is 11.1. The van der Waals surface area contributed by atoms with Gasteiger partial charge in [-0.2, -0.15) is 4.98 Å². The van der Waals surface area contributed by atoms with Gasteiger partial charge in [0.1, 0.15) is 18.0 Å². The maximum Gasteiger partial charge on any atom is 0.255 e. The maximum absolute atomic E-state index is 11.9. The molecule has 0 aliphatic rings. The lowest BCUT2D eigenvalue weighted by atomic mass is 10.2. The van der Waals surface area contributed by atoms with E-state index in [9.17, 15) is 4.79 Å². The van der Waals surface area contributed by atoms with E-state index in [1.165, 1.54) is 24.9 Å². The molecule has 21 heavy (non-hydrogen) atoms. The molecule has 8 nitrogen and oxygen atoms in total. The second-order valence-corrected chi connectivity index (χ2v) is 4.25. The highest BCUT2D eigenvalue weighted by molar-refractivity contribution is 5.93. The molecule has 1 N–H and O–H groups in total. The predicted octanol–water partition coefficient (Wildman–Crippen LogP) is 1.61. The van der Waals surface area contributed by atoms with Crippen molar-refractivity contribution >= 4 is 5.91 Å². The molecule has 0 saturated carbocycles. The molecule has 0 radical (unpaired) electrons. The topological polar surface area (TPSA) is 107 Å². The van der Waals surface area contributed by atoms with Crippen molar-refractivity contribution in [2.75, 3.05) is 0 Å². The Morgan fingerprint density at radius 3 is 3.00 bits per heavy atom. The summed E-state index contributed by atoms with van der Waals surface area (Å²) in [6.07, 6.45) is 7.41. The number of rotatable bonds is 4. The number of nitrogens with one attached hydrogen (secondary N) is 1. The summed E-state index contributed by atoms with van der Waals surface area (Å²) in [5, 5.41) is 6.55. The monoisotopic (exact) mass is 285 g/mol. The SMILES string of the molecule is CC(NC(=O)c1ccoc1)c1nc(-c2cnccn2)no1. The van der Waals surface area contributed by atoms with Gasteiger partial charge in [0.2, 0.25) is 11.7 Å². The van der Waals surface area contributed by atoms with E-state index in [-0.39, 0.29) is 11.8 Å². The van der Waals surface area contributed by atoms with E-state index in [4.69, 9.17) is 8.94 Å². The van der Waals surface area contributed by atoms with Crippen LogP contribution in [0.4, 0.5) is 0 Å². The van der Waals surface area contributed by atoms with Crippen molar-refractivity contribution in [1.82, 2.24) is 25.4 Å². The van der Waals surface area contributed by atoms with E-state index < -0.39 is 6.04 Å². The molecule has 106 valence electrons. The summed E-state index contributed by atoms with van der Waals surface area (Å²) in [4.78, 5) is 24.1. The molecule has 0 saturated heterocycles. The average Bonchev–Trinajstić information content (AvgIpc) is 3.20. The number of carbonyl (C=O) groups is 1. The van der Waals surface area contributed by atoms with Crippen LogP contribution < -0.4 is 5.32 Å². The van der Waals surface area contributed by atoms with Crippen molar-refractivity contribution < 1.29 is 13.7 Å². The van der Waals surface area contributed by atoms with Crippen molar-refractivity contribution in [3.05, 3.63) is 48.6 Å². The molecule has 1 unspecified atom stereocenters. The number of hydrogen-bond donors (Lipinski definition) is 1. The van der Waals surface area contributed by atoms with Crippen molar-refractivity contribution in [3.8, 4) is 11.5 Å². The Hall–Kier alpha value is -3.03. The fourth-order valence-corrected chi connectivity index (χ4v) is 1.67. The van der Waals surface area contributed by atoms with E-state index in [1.807, 2.05) is 0 Å². The Morgan fingerprint density at radius 2 is 2.29 bits per heavy atom. The predicted molar refractivity (Wildman–Crippen MR) is 69.9 cm³/mol. The van der Waals surface area contributed by atoms with Gasteiger partial charge in [0.15, 0.2) is 0 Å². The van der Waals surface area contributed by atoms with Crippen LogP contribution in [0.1, 0.15) is 29.2 Å². The van der Waals surface area contributed by atoms with Crippen LogP contribution in [-0.2, 0) is 0 Å². The molecular weight excluding hydrogens is 274 g/mol. The first-order valence-electron chi connectivity index (χ1n) is 6.17. The minimum absolute atomic E-state index is 0.282. The molecule has 0 fully saturated rings. The third kappa shape index (κ3) is 2.78. The molecule has 3 heterocycles. The van der Waals surface area contributed by atoms with Crippen molar-refractivity contribution in [3.63, 3.8) is 0 Å². The normalized spacial score (nSPS) is 12.0. The van der Waals surface area contributed by atoms with Gasteiger partial charge in [-0.05, 0) is 13.0 Å². The molecule has 1 atom stereocenters. The minimum Gasteiger partial charge on any atom is -0.472 e. The Morgan fingerprint density at radius 1 is 1.38 bits per heavy atom. The second-order valence-electron chi connectivity index (χ2n) is 4.25. The summed E-state index contributed by atoms with van der Waals surface area (Å²) in [6, 6.07) is 1.13. The second kappa shape index (κ2) is 5.53. The summed E-state index contributed by atoms with van der Waals surface area (Å²) >= 11 is 0. The van der Waals surface area contributed by atoms with Crippen LogP contribution >= 0.6 is 0 Å². The van der Waals surface area contributed by atoms with Crippen LogP contribution in [0.15, 0.2) is 46.1 Å². The van der Waals surface area contributed by atoms with E-state index in [1.54, 1.807) is 19.2 Å². The van der Waals surface area contributed by atoms with Crippen molar-refractivity contribution in [1.29, 1.82) is 0 Å². The molecular formula is C13H11N5O3. The van der Waals surface area contributed by atoms with Gasteiger partial charge in [0, 0.05) is 12.4 Å². The van der Waals surface area contributed by atoms with Crippen LogP contribution in [0.25, 0.3) is 11.5 Å². The van der Waals surface area contributed by atoms with Crippen LogP contribution in [0.3, 0.4) is 0 Å². The summed E-state index contributed by atoms with van der Waals surface area (Å²) < 4.78 is 9.99. The van der Waals surface area contributed by atoms with E-state index in [2.05, 4.69) is 25.4 Å². The smallest absolute Gasteiger partial charge is 0.255 e. The molecule has 0 spiro atoms. The number of amides is 1. The Balaban J connectivity index is 1.73. The summed E-state index contributed by atoms with van der Waals surface area (Å²) in [5.74, 6) is 0.325. The standard InChI is InChI=1S/C13H11N5O3/c1-8(16-12(19)9-2-5-20-7-9)13-17-11(18-21-13)10-6-14-3-4-15-10/h2-8H,1H3,(H,16,19). The molecule has 8 heteroatoms. The Bertz CT molecular complexity index is 723. The molecule has 3 rings (SSSR count). The van der Waals surface area contributed by atoms with Gasteiger partial charge in [0.05, 0.1) is 18.0 Å². The lowest BCUT2D eigenvalue weighted by Gasteiger charge is -2.07. The first-order chi connectivity index (χ1) is 10.2. The highest BCUT2D eigenvalue weighted by Crippen LogP contribution is 2.16. The molecule has 3 aromatic heterocycles. The van der Waals surface area contributed by atoms with Crippen LogP contribution in [0.5, 0.6) is 0 Å². The van der Waals surface area contributed by atoms with E-state index in [0.717, 1.165) is 0 Å².